The van der Waals surface area contributed by atoms with Gasteiger partial charge in [0.05, 0.1) is 35.8 Å². The van der Waals surface area contributed by atoms with Crippen LogP contribution < -0.4 is 9.64 Å². The predicted octanol–water partition coefficient (Wildman–Crippen LogP) is 3.23. The first-order chi connectivity index (χ1) is 15.0. The molecule has 7 heteroatoms. The van der Waals surface area contributed by atoms with E-state index in [0.717, 1.165) is 19.3 Å². The van der Waals surface area contributed by atoms with E-state index in [1.807, 2.05) is 0 Å². The minimum absolute atomic E-state index is 0.108. The molecular formula is C24H21NO6. The molecule has 2 aromatic carbocycles. The lowest BCUT2D eigenvalue weighted by Crippen LogP contribution is -2.32. The van der Waals surface area contributed by atoms with Gasteiger partial charge in [0.15, 0.2) is 0 Å². The fraction of sp³-hybridized carbons (Fsp3) is 0.333. The van der Waals surface area contributed by atoms with Crippen LogP contribution in [0, 0.1) is 23.7 Å². The van der Waals surface area contributed by atoms with Crippen LogP contribution in [0.5, 0.6) is 5.75 Å². The zero-order chi connectivity index (χ0) is 21.7. The van der Waals surface area contributed by atoms with Gasteiger partial charge in [0.1, 0.15) is 5.75 Å². The van der Waals surface area contributed by atoms with Crippen molar-refractivity contribution in [1.82, 2.24) is 0 Å². The number of carbonyl (C=O) groups excluding carboxylic acids is 4. The Labute approximate surface area is 178 Å². The Morgan fingerprint density at radius 1 is 0.806 bits per heavy atom. The number of esters is 2. The quantitative estimate of drug-likeness (QED) is 0.429. The molecule has 0 spiro atoms. The Morgan fingerprint density at radius 2 is 1.32 bits per heavy atom. The Kier molecular flexibility index (Phi) is 4.61. The molecule has 2 aromatic rings. The summed E-state index contributed by atoms with van der Waals surface area (Å²) in [5, 5.41) is 0. The molecule has 0 aromatic heterocycles. The Hall–Kier alpha value is -3.48. The monoisotopic (exact) mass is 419 g/mol. The average Bonchev–Trinajstić information content (AvgIpc) is 3.47. The zero-order valence-electron chi connectivity index (χ0n) is 16.9. The van der Waals surface area contributed by atoms with E-state index in [1.165, 1.54) is 36.3 Å². The molecular weight excluding hydrogens is 398 g/mol. The van der Waals surface area contributed by atoms with Gasteiger partial charge in [-0.25, -0.2) is 9.59 Å². The van der Waals surface area contributed by atoms with Crippen LogP contribution in [-0.2, 0) is 14.3 Å². The number of fused-ring (bicyclic) bond motifs is 5. The van der Waals surface area contributed by atoms with Crippen molar-refractivity contribution in [3.8, 4) is 5.75 Å². The first-order valence-electron chi connectivity index (χ1n) is 10.4. The molecule has 2 saturated carbocycles. The summed E-state index contributed by atoms with van der Waals surface area (Å²) in [6.45, 7) is 0. The highest BCUT2D eigenvalue weighted by atomic mass is 16.5. The topological polar surface area (TPSA) is 90.0 Å². The lowest BCUT2D eigenvalue weighted by atomic mass is 9.81. The third-order valence-electron chi connectivity index (χ3n) is 6.77. The standard InChI is InChI=1S/C24H21NO6/c1-30-23(28)13-6-10-18(11-7-13)31-24(29)14-4-8-17(9-5-14)25-21(26)19-15-2-3-16(12-15)20(19)22(25)27/h4-11,15-16,19-20H,2-3,12H2,1H3. The zero-order valence-corrected chi connectivity index (χ0v) is 16.9. The number of anilines is 1. The maximum Gasteiger partial charge on any atom is 0.343 e. The van der Waals surface area contributed by atoms with E-state index in [-0.39, 0.29) is 29.4 Å². The summed E-state index contributed by atoms with van der Waals surface area (Å²) in [7, 11) is 1.29. The second-order valence-corrected chi connectivity index (χ2v) is 8.35. The second kappa shape index (κ2) is 7.34. The van der Waals surface area contributed by atoms with Gasteiger partial charge >= 0.3 is 11.9 Å². The summed E-state index contributed by atoms with van der Waals surface area (Å²) in [5.41, 5.74) is 1.13. The van der Waals surface area contributed by atoms with Gasteiger partial charge in [-0.05, 0) is 79.6 Å². The highest BCUT2D eigenvalue weighted by molar-refractivity contribution is 6.22. The van der Waals surface area contributed by atoms with Gasteiger partial charge in [0.25, 0.3) is 0 Å². The number of imide groups is 1. The van der Waals surface area contributed by atoms with E-state index in [0.29, 0.717) is 28.7 Å². The summed E-state index contributed by atoms with van der Waals surface area (Å²) >= 11 is 0. The van der Waals surface area contributed by atoms with Gasteiger partial charge in [-0.15, -0.1) is 0 Å². The Bertz CT molecular complexity index is 1050. The van der Waals surface area contributed by atoms with Crippen LogP contribution in [0.4, 0.5) is 5.69 Å². The van der Waals surface area contributed by atoms with Crippen LogP contribution in [0.1, 0.15) is 40.0 Å². The molecule has 31 heavy (non-hydrogen) atoms. The van der Waals surface area contributed by atoms with Crippen LogP contribution in [-0.4, -0.2) is 30.9 Å². The number of amides is 2. The summed E-state index contributed by atoms with van der Waals surface area (Å²) in [6.07, 6.45) is 3.06. The summed E-state index contributed by atoms with van der Waals surface area (Å²) in [6, 6.07) is 12.3. The van der Waals surface area contributed by atoms with Gasteiger partial charge in [0.2, 0.25) is 11.8 Å². The third kappa shape index (κ3) is 3.12. The molecule has 4 unspecified atom stereocenters. The summed E-state index contributed by atoms with van der Waals surface area (Å²) in [4.78, 5) is 51.1. The molecule has 3 aliphatic rings. The summed E-state index contributed by atoms with van der Waals surface area (Å²) < 4.78 is 9.97. The molecule has 0 N–H and O–H groups in total. The molecule has 0 radical (unpaired) electrons. The van der Waals surface area contributed by atoms with E-state index in [4.69, 9.17) is 4.74 Å². The van der Waals surface area contributed by atoms with E-state index in [2.05, 4.69) is 4.74 Å². The minimum atomic E-state index is -0.577. The molecule has 2 aliphatic carbocycles. The SMILES string of the molecule is COC(=O)c1ccc(OC(=O)c2ccc(N3C(=O)C4C5CCC(C5)C4C3=O)cc2)cc1. The van der Waals surface area contributed by atoms with Crippen molar-refractivity contribution in [2.45, 2.75) is 19.3 Å². The van der Waals surface area contributed by atoms with Gasteiger partial charge in [-0.1, -0.05) is 0 Å². The van der Waals surface area contributed by atoms with Crippen molar-refractivity contribution < 1.29 is 28.7 Å². The van der Waals surface area contributed by atoms with Gasteiger partial charge in [0, 0.05) is 0 Å². The lowest BCUT2D eigenvalue weighted by Gasteiger charge is -2.19. The first kappa shape index (κ1) is 19.5. The molecule has 3 fully saturated rings. The number of ether oxygens (including phenoxy) is 2. The summed E-state index contributed by atoms with van der Waals surface area (Å²) in [5.74, 6) is -0.676. The number of methoxy groups -OCH3 is 1. The van der Waals surface area contributed by atoms with Gasteiger partial charge in [-0.2, -0.15) is 0 Å². The molecule has 7 nitrogen and oxygen atoms in total. The van der Waals surface area contributed by atoms with Crippen molar-refractivity contribution in [2.75, 3.05) is 12.0 Å². The van der Waals surface area contributed by atoms with Crippen LogP contribution in [0.15, 0.2) is 48.5 Å². The lowest BCUT2D eigenvalue weighted by molar-refractivity contribution is -0.123. The predicted molar refractivity (Wildman–Crippen MR) is 109 cm³/mol. The van der Waals surface area contributed by atoms with Crippen molar-refractivity contribution in [3.63, 3.8) is 0 Å². The average molecular weight is 419 g/mol. The maximum absolute atomic E-state index is 12.9. The minimum Gasteiger partial charge on any atom is -0.465 e. The van der Waals surface area contributed by atoms with Crippen LogP contribution in [0.2, 0.25) is 0 Å². The molecule has 1 saturated heterocycles. The highest BCUT2D eigenvalue weighted by Crippen LogP contribution is 2.56. The molecule has 1 aliphatic heterocycles. The van der Waals surface area contributed by atoms with Crippen LogP contribution in [0.3, 0.4) is 0 Å². The normalized spacial score (nSPS) is 26.2. The van der Waals surface area contributed by atoms with Crippen molar-refractivity contribution in [3.05, 3.63) is 59.7 Å². The van der Waals surface area contributed by atoms with Crippen molar-refractivity contribution >= 4 is 29.4 Å². The second-order valence-electron chi connectivity index (χ2n) is 8.35. The fourth-order valence-electron chi connectivity index (χ4n) is 5.35. The maximum atomic E-state index is 12.9. The molecule has 2 amide bonds. The number of rotatable bonds is 4. The fourth-order valence-corrected chi connectivity index (χ4v) is 5.35. The Balaban J connectivity index is 1.29. The van der Waals surface area contributed by atoms with E-state index in [1.54, 1.807) is 24.3 Å². The largest absolute Gasteiger partial charge is 0.465 e. The number of carbonyl (C=O) groups is 4. The van der Waals surface area contributed by atoms with E-state index in [9.17, 15) is 19.2 Å². The number of hydrogen-bond donors (Lipinski definition) is 0. The number of benzene rings is 2. The third-order valence-corrected chi connectivity index (χ3v) is 6.77. The number of nitrogens with zero attached hydrogens (tertiary/aromatic N) is 1. The molecule has 4 atom stereocenters. The highest BCUT2D eigenvalue weighted by Gasteiger charge is 2.61. The molecule has 2 bridgehead atoms. The smallest absolute Gasteiger partial charge is 0.343 e. The van der Waals surface area contributed by atoms with Crippen molar-refractivity contribution in [1.29, 1.82) is 0 Å². The molecule has 1 heterocycles. The first-order valence-corrected chi connectivity index (χ1v) is 10.4. The van der Waals surface area contributed by atoms with E-state index >= 15 is 0 Å². The van der Waals surface area contributed by atoms with Gasteiger partial charge in [-0.3, -0.25) is 14.5 Å². The van der Waals surface area contributed by atoms with E-state index < -0.39 is 11.9 Å². The Morgan fingerprint density at radius 3 is 1.87 bits per heavy atom. The van der Waals surface area contributed by atoms with Crippen molar-refractivity contribution in [2.24, 2.45) is 23.7 Å². The molecule has 5 rings (SSSR count). The molecule has 158 valence electrons. The van der Waals surface area contributed by atoms with Crippen LogP contribution >= 0.6 is 0 Å². The van der Waals surface area contributed by atoms with Gasteiger partial charge < -0.3 is 9.47 Å². The number of hydrogen-bond acceptors (Lipinski definition) is 6. The van der Waals surface area contributed by atoms with Crippen LogP contribution in [0.25, 0.3) is 0 Å².